The van der Waals surface area contributed by atoms with Gasteiger partial charge in [-0.2, -0.15) is 0 Å². The molecule has 0 N–H and O–H groups in total. The highest BCUT2D eigenvalue weighted by Gasteiger charge is 2.27. The van der Waals surface area contributed by atoms with E-state index >= 15 is 0 Å². The van der Waals surface area contributed by atoms with Crippen molar-refractivity contribution in [3.8, 4) is 0 Å². The van der Waals surface area contributed by atoms with Gasteiger partial charge < -0.3 is 4.90 Å². The van der Waals surface area contributed by atoms with Gasteiger partial charge in [0, 0.05) is 55.0 Å². The molecule has 27 heavy (non-hydrogen) atoms. The normalized spacial score (nSPS) is 17.9. The van der Waals surface area contributed by atoms with Crippen molar-refractivity contribution in [3.63, 3.8) is 0 Å². The number of benzene rings is 2. The Kier molecular flexibility index (Phi) is 5.69. The highest BCUT2D eigenvalue weighted by atomic mass is 35.5. The van der Waals surface area contributed by atoms with Crippen molar-refractivity contribution in [2.75, 3.05) is 44.2 Å². The van der Waals surface area contributed by atoms with Crippen molar-refractivity contribution in [2.24, 2.45) is 0 Å². The van der Waals surface area contributed by atoms with Gasteiger partial charge in [0.15, 0.2) is 0 Å². The molecule has 0 atom stereocenters. The van der Waals surface area contributed by atoms with E-state index in [1.54, 1.807) is 0 Å². The molecular weight excluding hydrogens is 381 g/mol. The van der Waals surface area contributed by atoms with Crippen LogP contribution in [0, 0.1) is 0 Å². The van der Waals surface area contributed by atoms with Crippen LogP contribution in [0.2, 0.25) is 10.0 Å². The number of hydrogen-bond acceptors (Lipinski definition) is 3. The molecule has 1 amide bonds. The molecule has 4 rings (SSSR count). The molecule has 2 aliphatic rings. The monoisotopic (exact) mass is 403 g/mol. The number of carbonyl (C=O) groups excluding carboxylic acids is 1. The number of fused-ring (bicyclic) bond motifs is 1. The number of piperazine rings is 1. The summed E-state index contributed by atoms with van der Waals surface area (Å²) < 4.78 is 0. The second-order valence-corrected chi connectivity index (χ2v) is 8.12. The van der Waals surface area contributed by atoms with Crippen LogP contribution in [0.4, 0.5) is 5.69 Å². The second-order valence-electron chi connectivity index (χ2n) is 7.25. The predicted octanol–water partition coefficient (Wildman–Crippen LogP) is 3.70. The van der Waals surface area contributed by atoms with Gasteiger partial charge in [0.2, 0.25) is 5.91 Å². The first-order valence-electron chi connectivity index (χ1n) is 9.36. The number of anilines is 1. The third kappa shape index (κ3) is 4.46. The van der Waals surface area contributed by atoms with Gasteiger partial charge in [0.05, 0.1) is 6.54 Å². The predicted molar refractivity (Wildman–Crippen MR) is 111 cm³/mol. The van der Waals surface area contributed by atoms with Crippen LogP contribution in [0.25, 0.3) is 0 Å². The average molecular weight is 404 g/mol. The first-order valence-corrected chi connectivity index (χ1v) is 10.1. The van der Waals surface area contributed by atoms with Crippen molar-refractivity contribution < 1.29 is 4.79 Å². The fourth-order valence-electron chi connectivity index (χ4n) is 3.86. The van der Waals surface area contributed by atoms with Gasteiger partial charge in [-0.25, -0.2) is 0 Å². The molecule has 1 fully saturated rings. The van der Waals surface area contributed by atoms with Crippen molar-refractivity contribution in [3.05, 3.63) is 63.6 Å². The molecule has 0 bridgehead atoms. The van der Waals surface area contributed by atoms with Crippen molar-refractivity contribution in [1.29, 1.82) is 0 Å². The Balaban J connectivity index is 1.28. The minimum absolute atomic E-state index is 0.183. The lowest BCUT2D eigenvalue weighted by Crippen LogP contribution is -2.49. The third-order valence-electron chi connectivity index (χ3n) is 5.38. The van der Waals surface area contributed by atoms with Crippen LogP contribution in [0.1, 0.15) is 11.1 Å². The number of halogens is 2. The summed E-state index contributed by atoms with van der Waals surface area (Å²) in [6.07, 6.45) is 0.885. The smallest absolute Gasteiger partial charge is 0.241 e. The van der Waals surface area contributed by atoms with Gasteiger partial charge in [-0.1, -0.05) is 35.3 Å². The van der Waals surface area contributed by atoms with E-state index in [4.69, 9.17) is 23.2 Å². The van der Waals surface area contributed by atoms with Crippen molar-refractivity contribution in [1.82, 2.24) is 9.80 Å². The number of hydrogen-bond donors (Lipinski definition) is 0. The summed E-state index contributed by atoms with van der Waals surface area (Å²) in [4.78, 5) is 19.4. The summed E-state index contributed by atoms with van der Waals surface area (Å²) in [6.45, 7) is 5.95. The van der Waals surface area contributed by atoms with E-state index in [-0.39, 0.29) is 5.91 Å². The maximum atomic E-state index is 12.8. The van der Waals surface area contributed by atoms with E-state index in [0.717, 1.165) is 61.4 Å². The second kappa shape index (κ2) is 8.19. The largest absolute Gasteiger partial charge is 0.311 e. The lowest BCUT2D eigenvalue weighted by molar-refractivity contribution is -0.120. The molecule has 2 aliphatic heterocycles. The van der Waals surface area contributed by atoms with E-state index in [9.17, 15) is 4.79 Å². The highest BCUT2D eigenvalue weighted by molar-refractivity contribution is 6.31. The summed E-state index contributed by atoms with van der Waals surface area (Å²) in [5.74, 6) is 0.183. The number of carbonyl (C=O) groups is 1. The molecule has 1 saturated heterocycles. The van der Waals surface area contributed by atoms with Crippen LogP contribution in [0.15, 0.2) is 42.5 Å². The first kappa shape index (κ1) is 18.8. The molecular formula is C21H23Cl2N3O. The van der Waals surface area contributed by atoms with Crippen molar-refractivity contribution >= 4 is 34.8 Å². The van der Waals surface area contributed by atoms with Crippen LogP contribution in [-0.4, -0.2) is 55.0 Å². The zero-order valence-electron chi connectivity index (χ0n) is 15.2. The van der Waals surface area contributed by atoms with Crippen LogP contribution < -0.4 is 4.90 Å². The lowest BCUT2D eigenvalue weighted by atomic mass is 10.2. The average Bonchev–Trinajstić information content (AvgIpc) is 3.08. The molecule has 0 unspecified atom stereocenters. The van der Waals surface area contributed by atoms with Gasteiger partial charge in [0.1, 0.15) is 0 Å². The molecule has 0 spiro atoms. The van der Waals surface area contributed by atoms with Crippen LogP contribution >= 0.6 is 23.2 Å². The highest BCUT2D eigenvalue weighted by Crippen LogP contribution is 2.30. The van der Waals surface area contributed by atoms with Gasteiger partial charge in [-0.05, 0) is 47.9 Å². The van der Waals surface area contributed by atoms with Gasteiger partial charge in [-0.15, -0.1) is 0 Å². The fourth-order valence-corrected chi connectivity index (χ4v) is 4.18. The number of nitrogens with zero attached hydrogens (tertiary/aromatic N) is 3. The molecule has 2 aromatic rings. The molecule has 4 nitrogen and oxygen atoms in total. The molecule has 2 heterocycles. The van der Waals surface area contributed by atoms with E-state index in [1.165, 1.54) is 11.1 Å². The van der Waals surface area contributed by atoms with E-state index in [1.807, 2.05) is 35.2 Å². The molecule has 0 aliphatic carbocycles. The maximum absolute atomic E-state index is 12.8. The Morgan fingerprint density at radius 1 is 0.852 bits per heavy atom. The topological polar surface area (TPSA) is 26.8 Å². The summed E-state index contributed by atoms with van der Waals surface area (Å²) in [7, 11) is 0. The van der Waals surface area contributed by atoms with Gasteiger partial charge >= 0.3 is 0 Å². The molecule has 0 radical (unpaired) electrons. The Morgan fingerprint density at radius 3 is 2.26 bits per heavy atom. The van der Waals surface area contributed by atoms with Crippen LogP contribution in [0.3, 0.4) is 0 Å². The SMILES string of the molecule is O=C(CN1CCN(Cc2ccc(Cl)cc2)CC1)N1CCc2cc(Cl)ccc21. The Morgan fingerprint density at radius 2 is 1.52 bits per heavy atom. The van der Waals surface area contributed by atoms with E-state index < -0.39 is 0 Å². The van der Waals surface area contributed by atoms with Crippen LogP contribution in [-0.2, 0) is 17.8 Å². The van der Waals surface area contributed by atoms with Gasteiger partial charge in [0.25, 0.3) is 0 Å². The molecule has 142 valence electrons. The summed E-state index contributed by atoms with van der Waals surface area (Å²) >= 11 is 12.0. The zero-order valence-corrected chi connectivity index (χ0v) is 16.7. The number of amides is 1. The Labute approximate surface area is 170 Å². The third-order valence-corrected chi connectivity index (χ3v) is 5.87. The summed E-state index contributed by atoms with van der Waals surface area (Å²) in [6, 6.07) is 13.8. The van der Waals surface area contributed by atoms with Crippen molar-refractivity contribution in [2.45, 2.75) is 13.0 Å². The fraction of sp³-hybridized carbons (Fsp3) is 0.381. The van der Waals surface area contributed by atoms with E-state index in [0.29, 0.717) is 6.54 Å². The molecule has 0 aromatic heterocycles. The Bertz CT molecular complexity index is 817. The Hall–Kier alpha value is -1.59. The van der Waals surface area contributed by atoms with E-state index in [2.05, 4.69) is 21.9 Å². The minimum Gasteiger partial charge on any atom is -0.311 e. The molecule has 2 aromatic carbocycles. The lowest BCUT2D eigenvalue weighted by Gasteiger charge is -2.35. The zero-order chi connectivity index (χ0) is 18.8. The maximum Gasteiger partial charge on any atom is 0.241 e. The standard InChI is InChI=1S/C21H23Cl2N3O/c22-18-3-1-16(2-4-18)14-24-9-11-25(12-10-24)15-21(27)26-8-7-17-13-19(23)5-6-20(17)26/h1-6,13H,7-12,14-15H2. The summed E-state index contributed by atoms with van der Waals surface area (Å²) in [5.41, 5.74) is 3.46. The van der Waals surface area contributed by atoms with Crippen LogP contribution in [0.5, 0.6) is 0 Å². The molecule has 0 saturated carbocycles. The first-order chi connectivity index (χ1) is 13.1. The number of rotatable bonds is 4. The quantitative estimate of drug-likeness (QED) is 0.778. The minimum atomic E-state index is 0.183. The van der Waals surface area contributed by atoms with Gasteiger partial charge in [-0.3, -0.25) is 14.6 Å². The molecule has 6 heteroatoms. The summed E-state index contributed by atoms with van der Waals surface area (Å²) in [5, 5.41) is 1.51.